The molecule has 0 aromatic heterocycles. The molecule has 0 unspecified atom stereocenters. The summed E-state index contributed by atoms with van der Waals surface area (Å²) in [6, 6.07) is 25.9. The van der Waals surface area contributed by atoms with E-state index >= 15 is 0 Å². The van der Waals surface area contributed by atoms with E-state index in [9.17, 15) is 26.7 Å². The van der Waals surface area contributed by atoms with E-state index in [1.807, 2.05) is 0 Å². The zero-order valence-electron chi connectivity index (χ0n) is 18.9. The van der Waals surface area contributed by atoms with E-state index in [1.165, 1.54) is 0 Å². The molecule has 0 bridgehead atoms. The lowest BCUT2D eigenvalue weighted by atomic mass is 10.0. The fourth-order valence-electron chi connectivity index (χ4n) is 4.31. The maximum atomic E-state index is 14.9. The van der Waals surface area contributed by atoms with Gasteiger partial charge in [-0.15, -0.1) is 0 Å². The third kappa shape index (κ3) is 3.99. The Morgan fingerprint density at radius 1 is 0.583 bits per heavy atom. The number of halogens is 5. The smallest absolute Gasteiger partial charge is 0.200 e. The van der Waals surface area contributed by atoms with Crippen LogP contribution in [0.15, 0.2) is 91.0 Å². The number of rotatable bonds is 6. The topological polar surface area (TPSA) is 40.9 Å². The van der Waals surface area contributed by atoms with E-state index in [1.54, 1.807) is 91.0 Å². The fourth-order valence-corrected chi connectivity index (χ4v) is 8.76. The molecule has 0 radical (unpaired) electrons. The van der Waals surface area contributed by atoms with Crippen molar-refractivity contribution < 1.29 is 26.7 Å². The first kappa shape index (κ1) is 25.3. The average molecular weight is 511 g/mol. The predicted octanol–water partition coefficient (Wildman–Crippen LogP) is 5.51. The molecule has 1 N–H and O–H groups in total. The van der Waals surface area contributed by atoms with Crippen molar-refractivity contribution in [1.82, 2.24) is 0 Å². The summed E-state index contributed by atoms with van der Waals surface area (Å²) in [5.41, 5.74) is -2.50. The lowest BCUT2D eigenvalue weighted by Gasteiger charge is -2.32. The monoisotopic (exact) mass is 511 g/mol. The molecule has 4 aromatic carbocycles. The SMILES string of the molecule is CC(=O)C(C(=N)c1c(F)c(F)c(F)c(F)c1F)=P(c1ccccc1)(c1ccccc1)c1ccccc1. The van der Waals surface area contributed by atoms with Crippen LogP contribution in [-0.4, -0.2) is 16.8 Å². The van der Waals surface area contributed by atoms with Gasteiger partial charge in [-0.25, -0.2) is 22.0 Å². The summed E-state index contributed by atoms with van der Waals surface area (Å²) < 4.78 is 71.9. The third-order valence-electron chi connectivity index (χ3n) is 5.80. The number of benzene rings is 4. The largest absolute Gasteiger partial charge is 0.299 e. The van der Waals surface area contributed by atoms with E-state index in [2.05, 4.69) is 0 Å². The van der Waals surface area contributed by atoms with Crippen molar-refractivity contribution in [2.45, 2.75) is 6.92 Å². The van der Waals surface area contributed by atoms with Crippen LogP contribution in [0.2, 0.25) is 0 Å². The molecule has 0 aliphatic rings. The van der Waals surface area contributed by atoms with Crippen LogP contribution in [0.4, 0.5) is 22.0 Å². The van der Waals surface area contributed by atoms with Crippen molar-refractivity contribution in [3.63, 3.8) is 0 Å². The molecular weight excluding hydrogens is 492 g/mol. The van der Waals surface area contributed by atoms with Gasteiger partial charge in [0.15, 0.2) is 29.1 Å². The Kier molecular flexibility index (Phi) is 7.04. The minimum Gasteiger partial charge on any atom is -0.299 e. The first-order chi connectivity index (χ1) is 17.2. The lowest BCUT2D eigenvalue weighted by Crippen LogP contribution is -2.37. The average Bonchev–Trinajstić information content (AvgIpc) is 2.90. The summed E-state index contributed by atoms with van der Waals surface area (Å²) in [6.07, 6.45) is 0. The first-order valence-corrected chi connectivity index (χ1v) is 12.6. The number of hydrogen-bond donors (Lipinski definition) is 1. The van der Waals surface area contributed by atoms with Crippen molar-refractivity contribution in [3.05, 3.63) is 126 Å². The summed E-state index contributed by atoms with van der Waals surface area (Å²) in [5.74, 6) is -11.8. The second kappa shape index (κ2) is 10.0. The van der Waals surface area contributed by atoms with Crippen LogP contribution >= 0.6 is 6.89 Å². The second-order valence-corrected chi connectivity index (χ2v) is 11.2. The Bertz CT molecular complexity index is 1390. The van der Waals surface area contributed by atoms with E-state index in [0.29, 0.717) is 15.9 Å². The minimum absolute atomic E-state index is 0.339. The van der Waals surface area contributed by atoms with E-state index in [0.717, 1.165) is 6.92 Å². The molecule has 0 saturated heterocycles. The normalized spacial score (nSPS) is 11.3. The quantitative estimate of drug-likeness (QED) is 0.120. The highest BCUT2D eigenvalue weighted by atomic mass is 31.2. The zero-order valence-corrected chi connectivity index (χ0v) is 19.8. The molecule has 36 heavy (non-hydrogen) atoms. The first-order valence-electron chi connectivity index (χ1n) is 10.8. The molecule has 4 aromatic rings. The highest BCUT2D eigenvalue weighted by Gasteiger charge is 2.37. The molecule has 0 fully saturated rings. The molecule has 4 rings (SSSR count). The summed E-state index contributed by atoms with van der Waals surface area (Å²) in [6.45, 7) is -2.23. The number of hydrogen-bond acceptors (Lipinski definition) is 2. The standard InChI is InChI=1S/C28H19F5NOP/c1-17(35)28(27(34)21-22(29)24(31)26(33)25(32)23(21)30)36(18-11-5-2-6-12-18,19-13-7-3-8-14-19)20-15-9-4-10-16-20/h2-16,34H,1H3. The van der Waals surface area contributed by atoms with Gasteiger partial charge in [0.2, 0.25) is 5.82 Å². The molecule has 0 atom stereocenters. The van der Waals surface area contributed by atoms with Crippen molar-refractivity contribution in [1.29, 1.82) is 5.41 Å². The molecule has 0 aliphatic heterocycles. The molecule has 182 valence electrons. The third-order valence-corrected chi connectivity index (χ3v) is 10.2. The maximum Gasteiger partial charge on any atom is 0.200 e. The van der Waals surface area contributed by atoms with Crippen LogP contribution < -0.4 is 15.9 Å². The van der Waals surface area contributed by atoms with Gasteiger partial charge in [-0.05, 0) is 29.7 Å². The summed E-state index contributed by atoms with van der Waals surface area (Å²) in [4.78, 5) is 13.3. The molecule has 2 nitrogen and oxygen atoms in total. The van der Waals surface area contributed by atoms with Gasteiger partial charge in [-0.2, -0.15) is 0 Å². The van der Waals surface area contributed by atoms with Gasteiger partial charge in [-0.1, -0.05) is 91.0 Å². The van der Waals surface area contributed by atoms with Crippen LogP contribution in [0.25, 0.3) is 0 Å². The van der Waals surface area contributed by atoms with Crippen molar-refractivity contribution in [2.24, 2.45) is 0 Å². The Balaban J connectivity index is 2.30. The van der Waals surface area contributed by atoms with Gasteiger partial charge in [0.05, 0.1) is 16.6 Å². The molecule has 8 heteroatoms. The van der Waals surface area contributed by atoms with Crippen LogP contribution in [0.3, 0.4) is 0 Å². The summed E-state index contributed by atoms with van der Waals surface area (Å²) in [7, 11) is 0. The van der Waals surface area contributed by atoms with Crippen LogP contribution in [0.5, 0.6) is 0 Å². The Morgan fingerprint density at radius 2 is 0.889 bits per heavy atom. The fraction of sp³-hybridized carbons (Fsp3) is 0.0357. The van der Waals surface area contributed by atoms with E-state index in [4.69, 9.17) is 5.41 Å². The highest BCUT2D eigenvalue weighted by Crippen LogP contribution is 2.47. The zero-order chi connectivity index (χ0) is 26.0. The molecule has 0 heterocycles. The number of Topliss-reactive ketones (excluding diaryl/α,β-unsaturated/α-hetero) is 1. The van der Waals surface area contributed by atoms with Crippen molar-refractivity contribution in [3.8, 4) is 0 Å². The Labute approximate surface area is 204 Å². The predicted molar refractivity (Wildman–Crippen MR) is 134 cm³/mol. The van der Waals surface area contributed by atoms with Gasteiger partial charge in [0, 0.05) is 0 Å². The van der Waals surface area contributed by atoms with Crippen LogP contribution in [-0.2, 0) is 4.79 Å². The van der Waals surface area contributed by atoms with Gasteiger partial charge in [0.1, 0.15) is 0 Å². The van der Waals surface area contributed by atoms with Crippen molar-refractivity contribution in [2.75, 3.05) is 0 Å². The molecule has 0 saturated carbocycles. The number of carbonyl (C=O) groups is 1. The minimum atomic E-state index is -3.35. The number of carbonyl (C=O) groups excluding carboxylic acids is 1. The van der Waals surface area contributed by atoms with Crippen molar-refractivity contribution >= 4 is 39.6 Å². The summed E-state index contributed by atoms with van der Waals surface area (Å²) >= 11 is 0. The Morgan fingerprint density at radius 3 is 1.19 bits per heavy atom. The highest BCUT2D eigenvalue weighted by molar-refractivity contribution is 7.97. The van der Waals surface area contributed by atoms with Gasteiger partial charge >= 0.3 is 0 Å². The number of ketones is 1. The van der Waals surface area contributed by atoms with Gasteiger partial charge in [0.25, 0.3) is 0 Å². The van der Waals surface area contributed by atoms with Crippen LogP contribution in [0.1, 0.15) is 12.5 Å². The van der Waals surface area contributed by atoms with E-state index < -0.39 is 53.0 Å². The second-order valence-electron chi connectivity index (χ2n) is 7.90. The molecule has 0 spiro atoms. The number of nitrogens with one attached hydrogen (secondary N) is 1. The maximum absolute atomic E-state index is 14.9. The Hall–Kier alpha value is -3.83. The molecule has 0 amide bonds. The molecule has 0 aliphatic carbocycles. The lowest BCUT2D eigenvalue weighted by molar-refractivity contribution is -0.110. The summed E-state index contributed by atoms with van der Waals surface area (Å²) in [5, 5.41) is 10.2. The molecular formula is C28H19F5NOP. The van der Waals surface area contributed by atoms with Gasteiger partial charge in [-0.3, -0.25) is 10.2 Å². The van der Waals surface area contributed by atoms with Gasteiger partial charge < -0.3 is 0 Å². The van der Waals surface area contributed by atoms with E-state index in [-0.39, 0.29) is 5.29 Å². The van der Waals surface area contributed by atoms with Crippen LogP contribution in [0, 0.1) is 34.5 Å².